The van der Waals surface area contributed by atoms with Crippen molar-refractivity contribution in [2.75, 3.05) is 17.2 Å². The molecule has 0 aliphatic heterocycles. The molecular weight excluding hydrogens is 388 g/mol. The molecule has 1 amide bonds. The quantitative estimate of drug-likeness (QED) is 0.765. The molecule has 0 radical (unpaired) electrons. The van der Waals surface area contributed by atoms with Gasteiger partial charge < -0.3 is 10.6 Å². The standard InChI is InChI=1S/C17H21BrN4O3/c1-3-5-9-22-14(19)13(15(23)20-17(22)25)21(4-2)16(24)11-7-6-8-12(18)10-11/h6-8,10H,3-5,9,19H2,1-2H3,(H,20,23,25). The molecule has 1 heterocycles. The van der Waals surface area contributed by atoms with E-state index in [1.807, 2.05) is 6.92 Å². The van der Waals surface area contributed by atoms with Gasteiger partial charge in [0, 0.05) is 23.1 Å². The number of aromatic nitrogens is 2. The maximum absolute atomic E-state index is 12.9. The summed E-state index contributed by atoms with van der Waals surface area (Å²) in [5.41, 5.74) is 5.28. The molecule has 8 heteroatoms. The maximum Gasteiger partial charge on any atom is 0.330 e. The smallest absolute Gasteiger partial charge is 0.330 e. The second-order valence-corrected chi connectivity index (χ2v) is 6.47. The lowest BCUT2D eigenvalue weighted by atomic mass is 10.2. The Balaban J connectivity index is 2.55. The number of nitrogens with two attached hydrogens (primary N) is 1. The number of carbonyl (C=O) groups excluding carboxylic acids is 1. The van der Waals surface area contributed by atoms with E-state index in [0.29, 0.717) is 12.1 Å². The minimum atomic E-state index is -0.666. The summed E-state index contributed by atoms with van der Waals surface area (Å²) in [6.07, 6.45) is 1.61. The number of carbonyl (C=O) groups is 1. The van der Waals surface area contributed by atoms with E-state index < -0.39 is 11.2 Å². The lowest BCUT2D eigenvalue weighted by molar-refractivity contribution is 0.0988. The van der Waals surface area contributed by atoms with Crippen LogP contribution in [0.2, 0.25) is 0 Å². The number of hydrogen-bond acceptors (Lipinski definition) is 4. The Morgan fingerprint density at radius 2 is 2.04 bits per heavy atom. The number of unbranched alkanes of at least 4 members (excludes halogenated alkanes) is 1. The topological polar surface area (TPSA) is 101 Å². The normalized spacial score (nSPS) is 10.7. The summed E-state index contributed by atoms with van der Waals surface area (Å²) in [4.78, 5) is 40.8. The van der Waals surface area contributed by atoms with Crippen LogP contribution in [-0.4, -0.2) is 22.0 Å². The van der Waals surface area contributed by atoms with Gasteiger partial charge in [-0.2, -0.15) is 0 Å². The second kappa shape index (κ2) is 8.15. The first-order valence-electron chi connectivity index (χ1n) is 8.10. The van der Waals surface area contributed by atoms with E-state index in [1.165, 1.54) is 9.47 Å². The Labute approximate surface area is 153 Å². The van der Waals surface area contributed by atoms with Gasteiger partial charge in [0.1, 0.15) is 5.82 Å². The summed E-state index contributed by atoms with van der Waals surface area (Å²) in [7, 11) is 0. The molecule has 0 aliphatic rings. The number of H-pyrrole nitrogens is 1. The third-order valence-electron chi connectivity index (χ3n) is 3.85. The van der Waals surface area contributed by atoms with Crippen molar-refractivity contribution in [2.45, 2.75) is 33.2 Å². The summed E-state index contributed by atoms with van der Waals surface area (Å²) in [6, 6.07) is 6.87. The average Bonchev–Trinajstić information content (AvgIpc) is 2.57. The van der Waals surface area contributed by atoms with Crippen LogP contribution in [-0.2, 0) is 6.54 Å². The molecule has 25 heavy (non-hydrogen) atoms. The first-order chi connectivity index (χ1) is 11.9. The van der Waals surface area contributed by atoms with Gasteiger partial charge in [0.05, 0.1) is 0 Å². The molecule has 0 fully saturated rings. The number of rotatable bonds is 6. The van der Waals surface area contributed by atoms with Gasteiger partial charge in [-0.25, -0.2) is 4.79 Å². The molecule has 1 aromatic heterocycles. The Morgan fingerprint density at radius 1 is 1.32 bits per heavy atom. The Morgan fingerprint density at radius 3 is 2.64 bits per heavy atom. The van der Waals surface area contributed by atoms with Crippen molar-refractivity contribution in [3.8, 4) is 0 Å². The number of nitrogens with one attached hydrogen (secondary N) is 1. The number of nitrogens with zero attached hydrogens (tertiary/aromatic N) is 2. The minimum absolute atomic E-state index is 0.00294. The lowest BCUT2D eigenvalue weighted by Crippen LogP contribution is -2.41. The molecule has 0 spiro atoms. The molecule has 2 rings (SSSR count). The van der Waals surface area contributed by atoms with E-state index in [1.54, 1.807) is 31.2 Å². The number of benzene rings is 1. The van der Waals surface area contributed by atoms with Crippen LogP contribution in [0.5, 0.6) is 0 Å². The van der Waals surface area contributed by atoms with Crippen LogP contribution >= 0.6 is 15.9 Å². The number of aromatic amines is 1. The molecule has 0 saturated carbocycles. The van der Waals surface area contributed by atoms with Crippen molar-refractivity contribution in [3.05, 3.63) is 55.1 Å². The van der Waals surface area contributed by atoms with Gasteiger partial charge >= 0.3 is 5.69 Å². The highest BCUT2D eigenvalue weighted by Gasteiger charge is 2.24. The summed E-state index contributed by atoms with van der Waals surface area (Å²) >= 11 is 3.33. The first kappa shape index (κ1) is 19.0. The zero-order valence-electron chi connectivity index (χ0n) is 14.2. The fourth-order valence-electron chi connectivity index (χ4n) is 2.56. The van der Waals surface area contributed by atoms with Gasteiger partial charge in [-0.1, -0.05) is 35.3 Å². The molecule has 3 N–H and O–H groups in total. The number of anilines is 2. The van der Waals surface area contributed by atoms with Gasteiger partial charge in [-0.3, -0.25) is 19.1 Å². The predicted octanol–water partition coefficient (Wildman–Crippen LogP) is 2.35. The zero-order valence-corrected chi connectivity index (χ0v) is 15.8. The van der Waals surface area contributed by atoms with Crippen molar-refractivity contribution in [3.63, 3.8) is 0 Å². The van der Waals surface area contributed by atoms with E-state index in [2.05, 4.69) is 20.9 Å². The molecule has 0 aliphatic carbocycles. The molecule has 0 saturated heterocycles. The van der Waals surface area contributed by atoms with Crippen LogP contribution in [0.25, 0.3) is 0 Å². The maximum atomic E-state index is 12.9. The monoisotopic (exact) mass is 408 g/mol. The van der Waals surface area contributed by atoms with E-state index >= 15 is 0 Å². The predicted molar refractivity (Wildman–Crippen MR) is 102 cm³/mol. The van der Waals surface area contributed by atoms with E-state index in [4.69, 9.17) is 5.73 Å². The van der Waals surface area contributed by atoms with Crippen molar-refractivity contribution < 1.29 is 4.79 Å². The van der Waals surface area contributed by atoms with Crippen LogP contribution in [0.4, 0.5) is 11.5 Å². The Hall–Kier alpha value is -2.35. The highest BCUT2D eigenvalue weighted by atomic mass is 79.9. The van der Waals surface area contributed by atoms with Crippen LogP contribution in [0.1, 0.15) is 37.0 Å². The van der Waals surface area contributed by atoms with Crippen molar-refractivity contribution in [1.82, 2.24) is 9.55 Å². The summed E-state index contributed by atoms with van der Waals surface area (Å²) in [5, 5.41) is 0. The van der Waals surface area contributed by atoms with Gasteiger partial charge in [0.15, 0.2) is 5.69 Å². The highest BCUT2D eigenvalue weighted by Crippen LogP contribution is 2.21. The SMILES string of the molecule is CCCCn1c(N)c(N(CC)C(=O)c2cccc(Br)c2)c(=O)[nH]c1=O. The molecule has 134 valence electrons. The van der Waals surface area contributed by atoms with Gasteiger partial charge in [0.2, 0.25) is 0 Å². The van der Waals surface area contributed by atoms with E-state index in [-0.39, 0.29) is 24.0 Å². The summed E-state index contributed by atoms with van der Waals surface area (Å²) in [5.74, 6) is -0.353. The fraction of sp³-hybridized carbons (Fsp3) is 0.353. The number of amides is 1. The van der Waals surface area contributed by atoms with Crippen molar-refractivity contribution >= 4 is 33.3 Å². The molecular formula is C17H21BrN4O3. The summed E-state index contributed by atoms with van der Waals surface area (Å²) < 4.78 is 2.06. The fourth-order valence-corrected chi connectivity index (χ4v) is 2.96. The van der Waals surface area contributed by atoms with Crippen LogP contribution < -0.4 is 21.9 Å². The lowest BCUT2D eigenvalue weighted by Gasteiger charge is -2.23. The van der Waals surface area contributed by atoms with Crippen LogP contribution in [0, 0.1) is 0 Å². The van der Waals surface area contributed by atoms with E-state index in [9.17, 15) is 14.4 Å². The van der Waals surface area contributed by atoms with Gasteiger partial charge in [0.25, 0.3) is 11.5 Å². The Kier molecular flexibility index (Phi) is 6.19. The third-order valence-corrected chi connectivity index (χ3v) is 4.35. The Bertz CT molecular complexity index is 888. The third kappa shape index (κ3) is 4.01. The van der Waals surface area contributed by atoms with E-state index in [0.717, 1.165) is 17.3 Å². The highest BCUT2D eigenvalue weighted by molar-refractivity contribution is 9.10. The van der Waals surface area contributed by atoms with Crippen LogP contribution in [0.3, 0.4) is 0 Å². The molecule has 0 bridgehead atoms. The van der Waals surface area contributed by atoms with Crippen LogP contribution in [0.15, 0.2) is 38.3 Å². The largest absolute Gasteiger partial charge is 0.383 e. The number of nitrogen functional groups attached to an aromatic ring is 1. The second-order valence-electron chi connectivity index (χ2n) is 5.56. The van der Waals surface area contributed by atoms with Gasteiger partial charge in [-0.05, 0) is 31.5 Å². The van der Waals surface area contributed by atoms with Crippen molar-refractivity contribution in [2.24, 2.45) is 0 Å². The average molecular weight is 409 g/mol. The molecule has 1 aromatic carbocycles. The minimum Gasteiger partial charge on any atom is -0.383 e. The molecule has 7 nitrogen and oxygen atoms in total. The zero-order chi connectivity index (χ0) is 18.6. The number of hydrogen-bond donors (Lipinski definition) is 2. The summed E-state index contributed by atoms with van der Waals surface area (Å²) in [6.45, 7) is 4.36. The first-order valence-corrected chi connectivity index (χ1v) is 8.90. The molecule has 0 atom stereocenters. The number of halogens is 1. The molecule has 2 aromatic rings. The van der Waals surface area contributed by atoms with Crippen molar-refractivity contribution in [1.29, 1.82) is 0 Å². The molecule has 0 unspecified atom stereocenters. The van der Waals surface area contributed by atoms with Gasteiger partial charge in [-0.15, -0.1) is 0 Å².